The lowest BCUT2D eigenvalue weighted by atomic mass is 10.1. The molecule has 0 bridgehead atoms. The molecule has 0 spiro atoms. The second kappa shape index (κ2) is 4.58. The van der Waals surface area contributed by atoms with Crippen molar-refractivity contribution in [3.05, 3.63) is 29.8 Å². The molecule has 1 aliphatic rings. The van der Waals surface area contributed by atoms with E-state index in [0.717, 1.165) is 5.56 Å². The van der Waals surface area contributed by atoms with Gasteiger partial charge in [-0.1, -0.05) is 12.1 Å². The summed E-state index contributed by atoms with van der Waals surface area (Å²) in [5.41, 5.74) is 0.916. The van der Waals surface area contributed by atoms with Crippen LogP contribution in [0.4, 0.5) is 0 Å². The lowest BCUT2D eigenvalue weighted by Crippen LogP contribution is -2.38. The first-order valence-corrected chi connectivity index (χ1v) is 7.03. The average Bonchev–Trinajstić information content (AvgIpc) is 2.29. The Bertz CT molecular complexity index is 526. The van der Waals surface area contributed by atoms with Crippen LogP contribution in [0.2, 0.25) is 0 Å². The van der Waals surface area contributed by atoms with E-state index in [2.05, 4.69) is 0 Å². The molecule has 92 valence electrons. The van der Waals surface area contributed by atoms with Crippen molar-refractivity contribution in [1.29, 1.82) is 0 Å². The van der Waals surface area contributed by atoms with Crippen molar-refractivity contribution in [2.45, 2.75) is 24.7 Å². The van der Waals surface area contributed by atoms with Crippen LogP contribution in [0.3, 0.4) is 0 Å². The maximum absolute atomic E-state index is 12.3. The Kier molecular flexibility index (Phi) is 3.31. The van der Waals surface area contributed by atoms with E-state index in [1.54, 1.807) is 18.2 Å². The van der Waals surface area contributed by atoms with Gasteiger partial charge in [-0.2, -0.15) is 4.31 Å². The van der Waals surface area contributed by atoms with Crippen LogP contribution in [0.1, 0.15) is 18.4 Å². The Hall–Kier alpha value is -1.20. The molecule has 1 aromatic rings. The number of piperidine rings is 1. The van der Waals surface area contributed by atoms with Crippen molar-refractivity contribution in [1.82, 2.24) is 4.31 Å². The number of rotatable bonds is 2. The first-order valence-electron chi connectivity index (χ1n) is 5.59. The summed E-state index contributed by atoms with van der Waals surface area (Å²) in [6, 6.07) is 6.85. The van der Waals surface area contributed by atoms with Gasteiger partial charge in [-0.15, -0.1) is 0 Å². The van der Waals surface area contributed by atoms with Gasteiger partial charge in [0.1, 0.15) is 5.78 Å². The number of sulfonamides is 1. The van der Waals surface area contributed by atoms with Gasteiger partial charge < -0.3 is 0 Å². The third kappa shape index (κ3) is 2.56. The van der Waals surface area contributed by atoms with E-state index in [1.807, 2.05) is 13.0 Å². The molecule has 0 unspecified atom stereocenters. The molecule has 1 aromatic carbocycles. The van der Waals surface area contributed by atoms with Gasteiger partial charge in [0.15, 0.2) is 0 Å². The summed E-state index contributed by atoms with van der Waals surface area (Å²) >= 11 is 0. The predicted molar refractivity (Wildman–Crippen MR) is 64.2 cm³/mol. The van der Waals surface area contributed by atoms with Gasteiger partial charge in [-0.25, -0.2) is 8.42 Å². The predicted octanol–water partition coefficient (Wildman–Crippen LogP) is 1.35. The van der Waals surface area contributed by atoms with Gasteiger partial charge in [-0.05, 0) is 24.6 Å². The summed E-state index contributed by atoms with van der Waals surface area (Å²) < 4.78 is 25.9. The summed E-state index contributed by atoms with van der Waals surface area (Å²) in [5, 5.41) is 0. The van der Waals surface area contributed by atoms with E-state index >= 15 is 0 Å². The number of aryl methyl sites for hydroxylation is 1. The number of carbonyl (C=O) groups excluding carboxylic acids is 1. The second-order valence-electron chi connectivity index (χ2n) is 4.26. The van der Waals surface area contributed by atoms with E-state index in [-0.39, 0.29) is 5.78 Å². The van der Waals surface area contributed by atoms with Gasteiger partial charge in [0.2, 0.25) is 10.0 Å². The van der Waals surface area contributed by atoms with Crippen LogP contribution in [0.25, 0.3) is 0 Å². The third-order valence-electron chi connectivity index (χ3n) is 2.91. The number of hydrogen-bond donors (Lipinski definition) is 0. The molecule has 0 N–H and O–H groups in total. The topological polar surface area (TPSA) is 54.5 Å². The second-order valence-corrected chi connectivity index (χ2v) is 6.20. The molecule has 1 fully saturated rings. The minimum absolute atomic E-state index is 0.140. The third-order valence-corrected chi connectivity index (χ3v) is 4.80. The highest BCUT2D eigenvalue weighted by Gasteiger charge is 2.28. The van der Waals surface area contributed by atoms with Gasteiger partial charge in [0.25, 0.3) is 0 Å². The minimum atomic E-state index is -3.43. The highest BCUT2D eigenvalue weighted by atomic mass is 32.2. The number of benzene rings is 1. The largest absolute Gasteiger partial charge is 0.300 e. The van der Waals surface area contributed by atoms with E-state index in [1.165, 1.54) is 4.31 Å². The molecule has 17 heavy (non-hydrogen) atoms. The first-order chi connectivity index (χ1) is 8.00. The lowest BCUT2D eigenvalue weighted by Gasteiger charge is -2.25. The van der Waals surface area contributed by atoms with Gasteiger partial charge >= 0.3 is 0 Å². The summed E-state index contributed by atoms with van der Waals surface area (Å²) in [7, 11) is -3.43. The molecule has 0 aromatic heterocycles. The van der Waals surface area contributed by atoms with Crippen molar-refractivity contribution >= 4 is 15.8 Å². The van der Waals surface area contributed by atoms with Crippen LogP contribution in [0, 0.1) is 6.92 Å². The average molecular weight is 253 g/mol. The zero-order chi connectivity index (χ0) is 12.5. The number of hydrogen-bond acceptors (Lipinski definition) is 3. The van der Waals surface area contributed by atoms with Gasteiger partial charge in [0, 0.05) is 25.9 Å². The Morgan fingerprint density at radius 1 is 1.18 bits per heavy atom. The van der Waals surface area contributed by atoms with Crippen LogP contribution in [0.5, 0.6) is 0 Å². The Balaban J connectivity index is 2.27. The van der Waals surface area contributed by atoms with Crippen LogP contribution in [0.15, 0.2) is 29.2 Å². The molecule has 0 amide bonds. The molecule has 4 nitrogen and oxygen atoms in total. The molecule has 0 saturated carbocycles. The van der Waals surface area contributed by atoms with Crippen LogP contribution < -0.4 is 0 Å². The SMILES string of the molecule is Cc1cccc(S(=O)(=O)N2CCC(=O)CC2)c1. The Morgan fingerprint density at radius 2 is 1.82 bits per heavy atom. The number of ketones is 1. The summed E-state index contributed by atoms with van der Waals surface area (Å²) in [4.78, 5) is 11.4. The fourth-order valence-corrected chi connectivity index (χ4v) is 3.45. The first kappa shape index (κ1) is 12.3. The molecule has 0 atom stereocenters. The molecule has 0 radical (unpaired) electrons. The van der Waals surface area contributed by atoms with Crippen molar-refractivity contribution < 1.29 is 13.2 Å². The summed E-state index contributed by atoms with van der Waals surface area (Å²) in [5.74, 6) is 0.140. The minimum Gasteiger partial charge on any atom is -0.300 e. The number of Topliss-reactive ketones (excluding diaryl/α,β-unsaturated/α-hetero) is 1. The van der Waals surface area contributed by atoms with E-state index in [4.69, 9.17) is 0 Å². The molecule has 1 aliphatic heterocycles. The highest BCUT2D eigenvalue weighted by molar-refractivity contribution is 7.89. The quantitative estimate of drug-likeness (QED) is 0.799. The maximum atomic E-state index is 12.3. The summed E-state index contributed by atoms with van der Waals surface area (Å²) in [6.45, 7) is 2.46. The van der Waals surface area contributed by atoms with Crippen molar-refractivity contribution in [2.75, 3.05) is 13.1 Å². The molecule has 5 heteroatoms. The van der Waals surface area contributed by atoms with Gasteiger partial charge in [-0.3, -0.25) is 4.79 Å². The van der Waals surface area contributed by atoms with Crippen LogP contribution in [-0.4, -0.2) is 31.6 Å². The van der Waals surface area contributed by atoms with Gasteiger partial charge in [0.05, 0.1) is 4.90 Å². The van der Waals surface area contributed by atoms with E-state index in [0.29, 0.717) is 30.8 Å². The van der Waals surface area contributed by atoms with Crippen LogP contribution >= 0.6 is 0 Å². The van der Waals surface area contributed by atoms with Crippen LogP contribution in [-0.2, 0) is 14.8 Å². The molecule has 1 saturated heterocycles. The Labute approximate surface area is 101 Å². The van der Waals surface area contributed by atoms with Crippen molar-refractivity contribution in [2.24, 2.45) is 0 Å². The number of carbonyl (C=O) groups is 1. The molecule has 1 heterocycles. The van der Waals surface area contributed by atoms with E-state index in [9.17, 15) is 13.2 Å². The molecular formula is C12H15NO3S. The zero-order valence-corrected chi connectivity index (χ0v) is 10.5. The lowest BCUT2D eigenvalue weighted by molar-refractivity contribution is -0.120. The van der Waals surface area contributed by atoms with E-state index < -0.39 is 10.0 Å². The zero-order valence-electron chi connectivity index (χ0n) is 9.72. The normalized spacial score (nSPS) is 18.3. The summed E-state index contributed by atoms with van der Waals surface area (Å²) in [6.07, 6.45) is 0.649. The Morgan fingerprint density at radius 3 is 2.41 bits per heavy atom. The fraction of sp³-hybridized carbons (Fsp3) is 0.417. The van der Waals surface area contributed by atoms with Crippen molar-refractivity contribution in [3.8, 4) is 0 Å². The fourth-order valence-electron chi connectivity index (χ4n) is 1.90. The molecular weight excluding hydrogens is 238 g/mol. The molecule has 0 aliphatic carbocycles. The van der Waals surface area contributed by atoms with Crippen molar-refractivity contribution in [3.63, 3.8) is 0 Å². The monoisotopic (exact) mass is 253 g/mol. The standard InChI is InChI=1S/C12H15NO3S/c1-10-3-2-4-12(9-10)17(15,16)13-7-5-11(14)6-8-13/h2-4,9H,5-8H2,1H3. The number of nitrogens with zero attached hydrogens (tertiary/aromatic N) is 1. The maximum Gasteiger partial charge on any atom is 0.243 e. The molecule has 2 rings (SSSR count). The highest BCUT2D eigenvalue weighted by Crippen LogP contribution is 2.19. The smallest absolute Gasteiger partial charge is 0.243 e.